The van der Waals surface area contributed by atoms with Crippen molar-refractivity contribution in [3.8, 4) is 0 Å². The molecule has 0 aromatic heterocycles. The summed E-state index contributed by atoms with van der Waals surface area (Å²) in [6, 6.07) is 18.0. The molecule has 1 N–H and O–H groups in total. The third kappa shape index (κ3) is 5.20. The number of piperazine rings is 1. The van der Waals surface area contributed by atoms with Crippen molar-refractivity contribution < 1.29 is 4.79 Å². The minimum Gasteiger partial charge on any atom is -0.369 e. The van der Waals surface area contributed by atoms with Gasteiger partial charge in [-0.15, -0.1) is 0 Å². The van der Waals surface area contributed by atoms with Crippen LogP contribution in [0.15, 0.2) is 60.7 Å². The van der Waals surface area contributed by atoms with Gasteiger partial charge in [-0.2, -0.15) is 0 Å². The van der Waals surface area contributed by atoms with Crippen LogP contribution in [-0.2, 0) is 4.79 Å². The molecule has 1 amide bonds. The van der Waals surface area contributed by atoms with E-state index in [1.165, 1.54) is 25.1 Å². The molecule has 140 valence electrons. The van der Waals surface area contributed by atoms with E-state index in [9.17, 15) is 4.79 Å². The van der Waals surface area contributed by atoms with Gasteiger partial charge < -0.3 is 10.2 Å². The summed E-state index contributed by atoms with van der Waals surface area (Å²) < 4.78 is 0. The number of anilines is 2. The number of rotatable bonds is 6. The van der Waals surface area contributed by atoms with E-state index >= 15 is 0 Å². The molecule has 2 fully saturated rings. The van der Waals surface area contributed by atoms with Crippen LogP contribution in [0.5, 0.6) is 0 Å². The van der Waals surface area contributed by atoms with Gasteiger partial charge in [-0.1, -0.05) is 36.4 Å². The van der Waals surface area contributed by atoms with Crippen LogP contribution in [0.1, 0.15) is 18.4 Å². The molecule has 0 bridgehead atoms. The molecule has 2 aromatic rings. The normalized spacial score (nSPS) is 18.0. The maximum absolute atomic E-state index is 12.2. The summed E-state index contributed by atoms with van der Waals surface area (Å²) in [6.45, 7) is 5.65. The SMILES string of the molecule is O=C(C=Cc1ccccc1)Nc1cccc(N2CCN(CC3CC3)CC2)c1. The van der Waals surface area contributed by atoms with Crippen LogP contribution in [0.3, 0.4) is 0 Å². The van der Waals surface area contributed by atoms with Gasteiger partial charge in [0.2, 0.25) is 5.91 Å². The van der Waals surface area contributed by atoms with Gasteiger partial charge in [-0.05, 0) is 48.6 Å². The Morgan fingerprint density at radius 2 is 1.78 bits per heavy atom. The number of hydrogen-bond acceptors (Lipinski definition) is 3. The van der Waals surface area contributed by atoms with Gasteiger partial charge in [0.05, 0.1) is 0 Å². The zero-order valence-corrected chi connectivity index (χ0v) is 15.7. The smallest absolute Gasteiger partial charge is 0.248 e. The van der Waals surface area contributed by atoms with E-state index in [-0.39, 0.29) is 5.91 Å². The first-order chi connectivity index (χ1) is 13.3. The second kappa shape index (κ2) is 8.40. The first kappa shape index (κ1) is 17.8. The minimum absolute atomic E-state index is 0.106. The predicted molar refractivity (Wildman–Crippen MR) is 112 cm³/mol. The standard InChI is InChI=1S/C23H27N3O/c27-23(12-11-19-5-2-1-3-6-19)24-21-7-4-8-22(17-21)26-15-13-25(14-16-26)18-20-9-10-20/h1-8,11-12,17,20H,9-10,13-16,18H2,(H,24,27). The Labute approximate surface area is 161 Å². The van der Waals surface area contributed by atoms with Gasteiger partial charge in [0.25, 0.3) is 0 Å². The highest BCUT2D eigenvalue weighted by Crippen LogP contribution is 2.30. The van der Waals surface area contributed by atoms with Crippen molar-refractivity contribution in [2.45, 2.75) is 12.8 Å². The summed E-state index contributed by atoms with van der Waals surface area (Å²) in [6.07, 6.45) is 6.25. The summed E-state index contributed by atoms with van der Waals surface area (Å²) in [5, 5.41) is 2.97. The maximum Gasteiger partial charge on any atom is 0.248 e. The molecule has 4 nitrogen and oxygen atoms in total. The average Bonchev–Trinajstić information content (AvgIpc) is 3.52. The summed E-state index contributed by atoms with van der Waals surface area (Å²) in [5.74, 6) is 0.851. The van der Waals surface area contributed by atoms with Gasteiger partial charge in [-0.25, -0.2) is 0 Å². The van der Waals surface area contributed by atoms with Crippen LogP contribution >= 0.6 is 0 Å². The van der Waals surface area contributed by atoms with Crippen molar-refractivity contribution in [3.05, 3.63) is 66.2 Å². The van der Waals surface area contributed by atoms with Crippen molar-refractivity contribution in [1.29, 1.82) is 0 Å². The Kier molecular flexibility index (Phi) is 5.54. The fraction of sp³-hybridized carbons (Fsp3) is 0.348. The van der Waals surface area contributed by atoms with Crippen LogP contribution < -0.4 is 10.2 Å². The topological polar surface area (TPSA) is 35.6 Å². The molecule has 2 aromatic carbocycles. The predicted octanol–water partition coefficient (Wildman–Crippen LogP) is 3.87. The Bertz CT molecular complexity index is 790. The van der Waals surface area contributed by atoms with E-state index in [4.69, 9.17) is 0 Å². The summed E-state index contributed by atoms with van der Waals surface area (Å²) in [4.78, 5) is 17.2. The number of nitrogens with one attached hydrogen (secondary N) is 1. The van der Waals surface area contributed by atoms with E-state index in [2.05, 4.69) is 27.2 Å². The molecule has 1 saturated heterocycles. The molecule has 4 rings (SSSR count). The minimum atomic E-state index is -0.106. The third-order valence-electron chi connectivity index (χ3n) is 5.29. The molecule has 1 heterocycles. The molecule has 1 aliphatic carbocycles. The lowest BCUT2D eigenvalue weighted by atomic mass is 10.2. The largest absolute Gasteiger partial charge is 0.369 e. The lowest BCUT2D eigenvalue weighted by Crippen LogP contribution is -2.47. The van der Waals surface area contributed by atoms with Crippen LogP contribution in [0.2, 0.25) is 0 Å². The number of benzene rings is 2. The summed E-state index contributed by atoms with van der Waals surface area (Å²) in [7, 11) is 0. The van der Waals surface area contributed by atoms with Crippen molar-refractivity contribution in [1.82, 2.24) is 4.90 Å². The van der Waals surface area contributed by atoms with E-state index in [0.29, 0.717) is 0 Å². The van der Waals surface area contributed by atoms with E-state index in [1.54, 1.807) is 6.08 Å². The van der Waals surface area contributed by atoms with Crippen molar-refractivity contribution in [3.63, 3.8) is 0 Å². The maximum atomic E-state index is 12.2. The zero-order valence-electron chi connectivity index (χ0n) is 15.7. The number of hydrogen-bond donors (Lipinski definition) is 1. The first-order valence-corrected chi connectivity index (χ1v) is 9.88. The van der Waals surface area contributed by atoms with Gasteiger partial charge in [0.15, 0.2) is 0 Å². The average molecular weight is 361 g/mol. The molecule has 0 spiro atoms. The molecular formula is C23H27N3O. The lowest BCUT2D eigenvalue weighted by molar-refractivity contribution is -0.111. The van der Waals surface area contributed by atoms with Crippen LogP contribution in [0.25, 0.3) is 6.08 Å². The molecule has 2 aliphatic rings. The zero-order chi connectivity index (χ0) is 18.5. The summed E-state index contributed by atoms with van der Waals surface area (Å²) >= 11 is 0. The van der Waals surface area contributed by atoms with Crippen LogP contribution in [0, 0.1) is 5.92 Å². The van der Waals surface area contributed by atoms with Gasteiger partial charge in [0.1, 0.15) is 0 Å². The molecule has 4 heteroatoms. The fourth-order valence-corrected chi connectivity index (χ4v) is 3.55. The molecule has 1 aliphatic heterocycles. The highest BCUT2D eigenvalue weighted by Gasteiger charge is 2.26. The van der Waals surface area contributed by atoms with Gasteiger partial charge in [-0.3, -0.25) is 9.69 Å². The number of carbonyl (C=O) groups excluding carboxylic acids is 1. The number of carbonyl (C=O) groups is 1. The van der Waals surface area contributed by atoms with E-state index in [0.717, 1.165) is 43.3 Å². The Hall–Kier alpha value is -2.59. The molecule has 1 saturated carbocycles. The Morgan fingerprint density at radius 1 is 1.00 bits per heavy atom. The van der Waals surface area contributed by atoms with Crippen LogP contribution in [0.4, 0.5) is 11.4 Å². The lowest BCUT2D eigenvalue weighted by Gasteiger charge is -2.36. The monoisotopic (exact) mass is 361 g/mol. The van der Waals surface area contributed by atoms with E-state index in [1.807, 2.05) is 48.5 Å². The number of amides is 1. The third-order valence-corrected chi connectivity index (χ3v) is 5.29. The quantitative estimate of drug-likeness (QED) is 0.794. The Balaban J connectivity index is 1.32. The van der Waals surface area contributed by atoms with Crippen LogP contribution in [-0.4, -0.2) is 43.5 Å². The second-order valence-corrected chi connectivity index (χ2v) is 7.51. The van der Waals surface area contributed by atoms with Crippen molar-refractivity contribution in [2.75, 3.05) is 42.9 Å². The molecule has 0 unspecified atom stereocenters. The molecule has 0 atom stereocenters. The first-order valence-electron chi connectivity index (χ1n) is 9.88. The highest BCUT2D eigenvalue weighted by atomic mass is 16.1. The molecule has 27 heavy (non-hydrogen) atoms. The second-order valence-electron chi connectivity index (χ2n) is 7.51. The highest BCUT2D eigenvalue weighted by molar-refractivity contribution is 6.02. The molecular weight excluding hydrogens is 334 g/mol. The van der Waals surface area contributed by atoms with Gasteiger partial charge in [0, 0.05) is 50.2 Å². The van der Waals surface area contributed by atoms with E-state index < -0.39 is 0 Å². The van der Waals surface area contributed by atoms with Gasteiger partial charge >= 0.3 is 0 Å². The fourth-order valence-electron chi connectivity index (χ4n) is 3.55. The van der Waals surface area contributed by atoms with Crippen molar-refractivity contribution in [2.24, 2.45) is 5.92 Å². The van der Waals surface area contributed by atoms with Crippen molar-refractivity contribution >= 4 is 23.4 Å². The summed E-state index contributed by atoms with van der Waals surface area (Å²) in [5.41, 5.74) is 3.05. The molecule has 0 radical (unpaired) electrons. The Morgan fingerprint density at radius 3 is 2.52 bits per heavy atom. The number of nitrogens with zero attached hydrogens (tertiary/aromatic N) is 2.